The molecule has 2 aromatic rings. The molecule has 2 heterocycles. The molecule has 7 heteroatoms. The van der Waals surface area contributed by atoms with Crippen molar-refractivity contribution in [1.29, 1.82) is 0 Å². The number of halogens is 1. The SMILES string of the molecule is CN(CCO)C1=C(c2ccc(Cl)cc2)C(=O)N(Cc2ccco2)C1=O. The smallest absolute Gasteiger partial charge is 0.278 e. The van der Waals surface area contributed by atoms with Crippen molar-refractivity contribution in [2.75, 3.05) is 20.2 Å². The van der Waals surface area contributed by atoms with Crippen molar-refractivity contribution in [3.8, 4) is 0 Å². The zero-order valence-electron chi connectivity index (χ0n) is 13.6. The van der Waals surface area contributed by atoms with Gasteiger partial charge >= 0.3 is 0 Å². The number of carbonyl (C=O) groups is 2. The van der Waals surface area contributed by atoms with E-state index < -0.39 is 11.8 Å². The third-order valence-corrected chi connectivity index (χ3v) is 4.24. The first kappa shape index (κ1) is 17.3. The molecule has 0 bridgehead atoms. The molecule has 1 N–H and O–H groups in total. The van der Waals surface area contributed by atoms with Crippen LogP contribution in [-0.2, 0) is 16.1 Å². The number of furan rings is 1. The standard InChI is InChI=1S/C18H17ClN2O4/c1-20(8-9-22)16-15(12-4-6-13(19)7-5-12)17(23)21(18(16)24)11-14-3-2-10-25-14/h2-7,10,22H,8-9,11H2,1H3. The maximum atomic E-state index is 12.9. The van der Waals surface area contributed by atoms with Crippen LogP contribution in [0, 0.1) is 0 Å². The number of benzene rings is 1. The number of amides is 2. The van der Waals surface area contributed by atoms with Gasteiger partial charge in [-0.05, 0) is 29.8 Å². The lowest BCUT2D eigenvalue weighted by Crippen LogP contribution is -2.34. The van der Waals surface area contributed by atoms with Gasteiger partial charge in [0.05, 0.1) is 25.0 Å². The molecule has 0 fully saturated rings. The summed E-state index contributed by atoms with van der Waals surface area (Å²) in [5, 5.41) is 9.75. The molecule has 25 heavy (non-hydrogen) atoms. The molecule has 1 aliphatic heterocycles. The van der Waals surface area contributed by atoms with Gasteiger partial charge in [-0.15, -0.1) is 0 Å². The van der Waals surface area contributed by atoms with E-state index in [1.165, 1.54) is 6.26 Å². The number of aliphatic hydroxyl groups excluding tert-OH is 1. The van der Waals surface area contributed by atoms with Crippen molar-refractivity contribution < 1.29 is 19.1 Å². The number of hydrogen-bond donors (Lipinski definition) is 1. The second-order valence-corrected chi connectivity index (χ2v) is 6.09. The highest BCUT2D eigenvalue weighted by atomic mass is 35.5. The molecule has 130 valence electrons. The van der Waals surface area contributed by atoms with Crippen molar-refractivity contribution in [1.82, 2.24) is 9.80 Å². The number of likely N-dealkylation sites (N-methyl/N-ethyl adjacent to an activating group) is 1. The molecule has 1 aliphatic rings. The largest absolute Gasteiger partial charge is 0.467 e. The first-order valence-electron chi connectivity index (χ1n) is 7.73. The summed E-state index contributed by atoms with van der Waals surface area (Å²) in [5.41, 5.74) is 1.15. The van der Waals surface area contributed by atoms with E-state index in [0.717, 1.165) is 4.90 Å². The Morgan fingerprint density at radius 2 is 1.88 bits per heavy atom. The van der Waals surface area contributed by atoms with Gasteiger partial charge in [-0.3, -0.25) is 14.5 Å². The Labute approximate surface area is 149 Å². The van der Waals surface area contributed by atoms with Crippen molar-refractivity contribution in [2.45, 2.75) is 6.54 Å². The van der Waals surface area contributed by atoms with Gasteiger partial charge in [-0.2, -0.15) is 0 Å². The van der Waals surface area contributed by atoms with Crippen LogP contribution in [0.15, 0.2) is 52.8 Å². The first-order valence-corrected chi connectivity index (χ1v) is 8.11. The summed E-state index contributed by atoms with van der Waals surface area (Å²) in [6.45, 7) is 0.159. The van der Waals surface area contributed by atoms with E-state index in [2.05, 4.69) is 0 Å². The Bertz CT molecular complexity index is 812. The van der Waals surface area contributed by atoms with Crippen LogP contribution in [0.25, 0.3) is 5.57 Å². The topological polar surface area (TPSA) is 74.0 Å². The van der Waals surface area contributed by atoms with Gasteiger partial charge < -0.3 is 14.4 Å². The van der Waals surface area contributed by atoms with E-state index in [1.54, 1.807) is 48.3 Å². The number of carbonyl (C=O) groups excluding carboxylic acids is 2. The Morgan fingerprint density at radius 1 is 1.16 bits per heavy atom. The average Bonchev–Trinajstić information content (AvgIpc) is 3.18. The molecule has 0 spiro atoms. The molecule has 0 radical (unpaired) electrons. The zero-order chi connectivity index (χ0) is 18.0. The Morgan fingerprint density at radius 3 is 2.48 bits per heavy atom. The van der Waals surface area contributed by atoms with Gasteiger partial charge in [0, 0.05) is 18.6 Å². The first-order chi connectivity index (χ1) is 12.0. The third-order valence-electron chi connectivity index (χ3n) is 3.99. The second-order valence-electron chi connectivity index (χ2n) is 5.65. The van der Waals surface area contributed by atoms with E-state index >= 15 is 0 Å². The number of imide groups is 1. The lowest BCUT2D eigenvalue weighted by Gasteiger charge is -2.20. The quantitative estimate of drug-likeness (QED) is 0.799. The summed E-state index contributed by atoms with van der Waals surface area (Å²) < 4.78 is 5.26. The molecular formula is C18H17ClN2O4. The van der Waals surface area contributed by atoms with Crippen LogP contribution in [0.5, 0.6) is 0 Å². The maximum absolute atomic E-state index is 12.9. The average molecular weight is 361 g/mol. The minimum Gasteiger partial charge on any atom is -0.467 e. The summed E-state index contributed by atoms with van der Waals surface area (Å²) in [6, 6.07) is 10.1. The van der Waals surface area contributed by atoms with Crippen molar-refractivity contribution in [2.24, 2.45) is 0 Å². The van der Waals surface area contributed by atoms with Crippen LogP contribution in [0.2, 0.25) is 5.02 Å². The van der Waals surface area contributed by atoms with Gasteiger partial charge in [0.15, 0.2) is 0 Å². The normalized spacial score (nSPS) is 14.6. The van der Waals surface area contributed by atoms with Crippen LogP contribution in [0.4, 0.5) is 0 Å². The van der Waals surface area contributed by atoms with E-state index in [-0.39, 0.29) is 25.4 Å². The summed E-state index contributed by atoms with van der Waals surface area (Å²) in [7, 11) is 1.67. The van der Waals surface area contributed by atoms with Gasteiger partial charge in [-0.1, -0.05) is 23.7 Å². The minimum absolute atomic E-state index is 0.0538. The van der Waals surface area contributed by atoms with E-state index in [4.69, 9.17) is 16.0 Å². The molecule has 0 atom stereocenters. The Balaban J connectivity index is 2.02. The maximum Gasteiger partial charge on any atom is 0.278 e. The summed E-state index contributed by atoms with van der Waals surface area (Å²) in [6.07, 6.45) is 1.49. The highest BCUT2D eigenvalue weighted by Crippen LogP contribution is 2.32. The van der Waals surface area contributed by atoms with E-state index in [9.17, 15) is 14.7 Å². The zero-order valence-corrected chi connectivity index (χ0v) is 14.4. The van der Waals surface area contributed by atoms with Crippen LogP contribution >= 0.6 is 11.6 Å². The van der Waals surface area contributed by atoms with Crippen molar-refractivity contribution >= 4 is 29.0 Å². The molecule has 1 aromatic heterocycles. The molecule has 1 aromatic carbocycles. The van der Waals surface area contributed by atoms with Crippen LogP contribution < -0.4 is 0 Å². The summed E-state index contributed by atoms with van der Waals surface area (Å²) >= 11 is 5.92. The number of hydrogen-bond acceptors (Lipinski definition) is 5. The Kier molecular flexibility index (Phi) is 4.92. The van der Waals surface area contributed by atoms with Crippen LogP contribution in [-0.4, -0.2) is 46.9 Å². The summed E-state index contributed by atoms with van der Waals surface area (Å²) in [5.74, 6) is -0.297. The van der Waals surface area contributed by atoms with Crippen LogP contribution in [0.1, 0.15) is 11.3 Å². The van der Waals surface area contributed by atoms with Crippen molar-refractivity contribution in [3.05, 3.63) is 64.7 Å². The lowest BCUT2D eigenvalue weighted by molar-refractivity contribution is -0.138. The lowest BCUT2D eigenvalue weighted by atomic mass is 10.0. The highest BCUT2D eigenvalue weighted by molar-refractivity contribution is 6.35. The fourth-order valence-corrected chi connectivity index (χ4v) is 2.88. The molecule has 3 rings (SSSR count). The van der Waals surface area contributed by atoms with E-state index in [1.807, 2.05) is 0 Å². The highest BCUT2D eigenvalue weighted by Gasteiger charge is 2.40. The van der Waals surface area contributed by atoms with Gasteiger partial charge in [0.1, 0.15) is 11.5 Å². The molecule has 2 amide bonds. The third kappa shape index (κ3) is 3.31. The monoisotopic (exact) mass is 360 g/mol. The van der Waals surface area contributed by atoms with Crippen LogP contribution in [0.3, 0.4) is 0 Å². The predicted molar refractivity (Wildman–Crippen MR) is 92.4 cm³/mol. The van der Waals surface area contributed by atoms with E-state index in [0.29, 0.717) is 21.9 Å². The molecule has 0 saturated heterocycles. The van der Waals surface area contributed by atoms with Gasteiger partial charge in [-0.25, -0.2) is 0 Å². The molecule has 0 aliphatic carbocycles. The minimum atomic E-state index is -0.415. The summed E-state index contributed by atoms with van der Waals surface area (Å²) in [4.78, 5) is 28.5. The fourth-order valence-electron chi connectivity index (χ4n) is 2.76. The predicted octanol–water partition coefficient (Wildman–Crippen LogP) is 2.14. The van der Waals surface area contributed by atoms with Gasteiger partial charge in [0.2, 0.25) is 0 Å². The molecule has 0 saturated carbocycles. The molecular weight excluding hydrogens is 344 g/mol. The van der Waals surface area contributed by atoms with Gasteiger partial charge in [0.25, 0.3) is 11.8 Å². The molecule has 0 unspecified atom stereocenters. The molecule has 6 nitrogen and oxygen atoms in total. The van der Waals surface area contributed by atoms with Crippen molar-refractivity contribution in [3.63, 3.8) is 0 Å². The fraction of sp³-hybridized carbons (Fsp3) is 0.222. The number of aliphatic hydroxyl groups is 1. The number of rotatable bonds is 6. The number of nitrogens with zero attached hydrogens (tertiary/aromatic N) is 2. The Hall–Kier alpha value is -2.57. The second kappa shape index (κ2) is 7.13.